The number of ketones is 1. The van der Waals surface area contributed by atoms with Crippen molar-refractivity contribution in [3.05, 3.63) is 64.3 Å². The molecule has 0 spiro atoms. The second kappa shape index (κ2) is 6.88. The van der Waals surface area contributed by atoms with Crippen LogP contribution in [0.3, 0.4) is 0 Å². The highest BCUT2D eigenvalue weighted by Gasteiger charge is 2.14. The van der Waals surface area contributed by atoms with E-state index >= 15 is 0 Å². The number of aromatic hydroxyl groups is 1. The van der Waals surface area contributed by atoms with Crippen molar-refractivity contribution in [1.82, 2.24) is 0 Å². The minimum atomic E-state index is -0.517. The van der Waals surface area contributed by atoms with Gasteiger partial charge in [0, 0.05) is 27.1 Å². The highest BCUT2D eigenvalue weighted by molar-refractivity contribution is 9.10. The minimum Gasteiger partial charge on any atom is -0.508 e. The first-order valence-electron chi connectivity index (χ1n) is 7.16. The van der Waals surface area contributed by atoms with Gasteiger partial charge in [0.25, 0.3) is 0 Å². The van der Waals surface area contributed by atoms with Crippen LogP contribution in [-0.2, 0) is 16.0 Å². The number of esters is 1. The highest BCUT2D eigenvalue weighted by atomic mass is 79.9. The lowest BCUT2D eigenvalue weighted by Crippen LogP contribution is -2.15. The maximum atomic E-state index is 12.0. The lowest BCUT2D eigenvalue weighted by Gasteiger charge is -2.04. The predicted molar refractivity (Wildman–Crippen MR) is 91.0 cm³/mol. The maximum absolute atomic E-state index is 12.0. The van der Waals surface area contributed by atoms with Crippen LogP contribution in [0.15, 0.2) is 57.6 Å². The summed E-state index contributed by atoms with van der Waals surface area (Å²) >= 11 is 3.29. The quantitative estimate of drug-likeness (QED) is 0.530. The van der Waals surface area contributed by atoms with Gasteiger partial charge in [0.05, 0.1) is 12.7 Å². The molecular formula is C18H13BrO5. The zero-order chi connectivity index (χ0) is 17.1. The summed E-state index contributed by atoms with van der Waals surface area (Å²) in [5.41, 5.74) is 1.62. The molecule has 0 bridgehead atoms. The third kappa shape index (κ3) is 3.65. The zero-order valence-electron chi connectivity index (χ0n) is 12.5. The number of rotatable bonds is 5. The van der Waals surface area contributed by atoms with Crippen LogP contribution in [0.1, 0.15) is 15.9 Å². The van der Waals surface area contributed by atoms with Gasteiger partial charge in [-0.05, 0) is 24.3 Å². The van der Waals surface area contributed by atoms with E-state index in [4.69, 9.17) is 9.15 Å². The van der Waals surface area contributed by atoms with E-state index in [1.165, 1.54) is 18.4 Å². The fraction of sp³-hybridized carbons (Fsp3) is 0.111. The van der Waals surface area contributed by atoms with Crippen LogP contribution < -0.4 is 0 Å². The minimum absolute atomic E-state index is 0.00854. The van der Waals surface area contributed by atoms with Crippen LogP contribution in [0.5, 0.6) is 5.75 Å². The van der Waals surface area contributed by atoms with E-state index in [1.54, 1.807) is 30.3 Å². The van der Waals surface area contributed by atoms with E-state index in [2.05, 4.69) is 15.9 Å². The van der Waals surface area contributed by atoms with Crippen molar-refractivity contribution in [2.45, 2.75) is 6.42 Å². The Kier molecular flexibility index (Phi) is 4.66. The predicted octanol–water partition coefficient (Wildman–Crippen LogP) is 3.87. The van der Waals surface area contributed by atoms with Crippen LogP contribution in [0.4, 0.5) is 0 Å². The summed E-state index contributed by atoms with van der Waals surface area (Å²) in [7, 11) is 0. The van der Waals surface area contributed by atoms with Crippen molar-refractivity contribution in [2.24, 2.45) is 0 Å². The van der Waals surface area contributed by atoms with E-state index in [0.717, 1.165) is 9.86 Å². The highest BCUT2D eigenvalue weighted by Crippen LogP contribution is 2.25. The molecule has 0 saturated heterocycles. The number of carbonyl (C=O) groups is 2. The molecule has 0 aliphatic heterocycles. The van der Waals surface area contributed by atoms with E-state index in [1.807, 2.05) is 0 Å². The van der Waals surface area contributed by atoms with Crippen LogP contribution >= 0.6 is 15.9 Å². The van der Waals surface area contributed by atoms with Gasteiger partial charge in [-0.1, -0.05) is 28.1 Å². The molecule has 5 nitrogen and oxygen atoms in total. The number of hydrogen-bond acceptors (Lipinski definition) is 5. The van der Waals surface area contributed by atoms with E-state index in [9.17, 15) is 14.7 Å². The first kappa shape index (κ1) is 16.3. The van der Waals surface area contributed by atoms with Gasteiger partial charge in [-0.15, -0.1) is 0 Å². The third-order valence-electron chi connectivity index (χ3n) is 3.50. The number of fused-ring (bicyclic) bond motifs is 1. The van der Waals surface area contributed by atoms with E-state index in [-0.39, 0.29) is 24.6 Å². The number of furan rings is 1. The molecule has 0 fully saturated rings. The smallest absolute Gasteiger partial charge is 0.310 e. The van der Waals surface area contributed by atoms with Gasteiger partial charge in [-0.2, -0.15) is 0 Å². The lowest BCUT2D eigenvalue weighted by molar-refractivity contribution is -0.141. The van der Waals surface area contributed by atoms with Crippen molar-refractivity contribution >= 4 is 38.7 Å². The Balaban J connectivity index is 1.61. The second-order valence-corrected chi connectivity index (χ2v) is 6.12. The summed E-state index contributed by atoms with van der Waals surface area (Å²) in [6.45, 7) is -0.308. The van der Waals surface area contributed by atoms with Gasteiger partial charge >= 0.3 is 5.97 Å². The molecule has 3 aromatic rings. The Morgan fingerprint density at radius 2 is 1.88 bits per heavy atom. The molecule has 0 atom stereocenters. The third-order valence-corrected chi connectivity index (χ3v) is 4.03. The Labute approximate surface area is 146 Å². The van der Waals surface area contributed by atoms with Gasteiger partial charge in [-0.25, -0.2) is 0 Å². The van der Waals surface area contributed by atoms with Crippen molar-refractivity contribution < 1.29 is 23.8 Å². The van der Waals surface area contributed by atoms with Crippen molar-refractivity contribution in [3.8, 4) is 5.75 Å². The zero-order valence-corrected chi connectivity index (χ0v) is 14.1. The van der Waals surface area contributed by atoms with Crippen LogP contribution in [0.25, 0.3) is 11.0 Å². The van der Waals surface area contributed by atoms with Gasteiger partial charge in [0.15, 0.2) is 12.4 Å². The molecule has 0 unspecified atom stereocenters. The number of Topliss-reactive ketones (excluding diaryl/α,β-unsaturated/α-hetero) is 1. The van der Waals surface area contributed by atoms with Gasteiger partial charge in [0.2, 0.25) is 0 Å². The molecule has 0 amide bonds. The number of benzene rings is 2. The topological polar surface area (TPSA) is 76.7 Å². The van der Waals surface area contributed by atoms with E-state index in [0.29, 0.717) is 16.7 Å². The fourth-order valence-electron chi connectivity index (χ4n) is 2.28. The molecule has 0 saturated carbocycles. The molecule has 6 heteroatoms. The largest absolute Gasteiger partial charge is 0.508 e. The number of hydrogen-bond donors (Lipinski definition) is 1. The molecule has 0 radical (unpaired) electrons. The molecular weight excluding hydrogens is 376 g/mol. The fourth-order valence-corrected chi connectivity index (χ4v) is 2.54. The summed E-state index contributed by atoms with van der Waals surface area (Å²) in [6, 6.07) is 11.5. The average Bonchev–Trinajstić information content (AvgIpc) is 2.95. The average molecular weight is 389 g/mol. The van der Waals surface area contributed by atoms with Crippen LogP contribution in [0, 0.1) is 0 Å². The molecule has 24 heavy (non-hydrogen) atoms. The number of carbonyl (C=O) groups excluding carboxylic acids is 2. The Morgan fingerprint density at radius 1 is 1.12 bits per heavy atom. The molecule has 1 heterocycles. The Morgan fingerprint density at radius 3 is 2.62 bits per heavy atom. The van der Waals surface area contributed by atoms with E-state index < -0.39 is 5.97 Å². The summed E-state index contributed by atoms with van der Waals surface area (Å²) in [5, 5.41) is 10.1. The molecule has 1 aromatic heterocycles. The lowest BCUT2D eigenvalue weighted by atomic mass is 10.1. The molecule has 122 valence electrons. The number of halogens is 1. The number of phenolic OH excluding ortho intramolecular Hbond substituents is 1. The second-order valence-electron chi connectivity index (χ2n) is 5.21. The van der Waals surface area contributed by atoms with Crippen molar-refractivity contribution in [2.75, 3.05) is 6.61 Å². The SMILES string of the molecule is O=C(Cc1coc2cc(O)ccc12)OCC(=O)c1ccc(Br)cc1. The molecule has 3 rings (SSSR count). The van der Waals surface area contributed by atoms with Crippen molar-refractivity contribution in [1.29, 1.82) is 0 Å². The summed E-state index contributed by atoms with van der Waals surface area (Å²) in [5.74, 6) is -0.694. The normalized spacial score (nSPS) is 10.7. The van der Waals surface area contributed by atoms with Gasteiger partial charge in [-0.3, -0.25) is 9.59 Å². The molecule has 1 N–H and O–H groups in total. The molecule has 0 aliphatic carbocycles. The summed E-state index contributed by atoms with van der Waals surface area (Å²) in [4.78, 5) is 23.9. The van der Waals surface area contributed by atoms with Crippen molar-refractivity contribution in [3.63, 3.8) is 0 Å². The summed E-state index contributed by atoms with van der Waals surface area (Å²) in [6.07, 6.45) is 1.44. The first-order chi connectivity index (χ1) is 11.5. The van der Waals surface area contributed by atoms with Gasteiger partial charge in [0.1, 0.15) is 11.3 Å². The summed E-state index contributed by atoms with van der Waals surface area (Å²) < 4.78 is 11.2. The monoisotopic (exact) mass is 388 g/mol. The maximum Gasteiger partial charge on any atom is 0.310 e. The van der Waals surface area contributed by atoms with Gasteiger partial charge < -0.3 is 14.3 Å². The number of phenols is 1. The van der Waals surface area contributed by atoms with Crippen LogP contribution in [-0.4, -0.2) is 23.5 Å². The van der Waals surface area contributed by atoms with Crippen LogP contribution in [0.2, 0.25) is 0 Å². The molecule has 0 aliphatic rings. The number of ether oxygens (including phenoxy) is 1. The molecule has 2 aromatic carbocycles. The Hall–Kier alpha value is -2.60. The Bertz CT molecular complexity index is 895. The first-order valence-corrected chi connectivity index (χ1v) is 7.96. The standard InChI is InChI=1S/C18H13BrO5/c19-13-3-1-11(2-4-13)16(21)10-24-18(22)7-12-9-23-17-8-14(20)5-6-15(12)17/h1-6,8-9,20H,7,10H2.